The van der Waals surface area contributed by atoms with Crippen LogP contribution in [-0.4, -0.2) is 33.6 Å². The molecule has 9 heteroatoms. The van der Waals surface area contributed by atoms with E-state index in [2.05, 4.69) is 20.9 Å². The summed E-state index contributed by atoms with van der Waals surface area (Å²) in [7, 11) is -1.14. The number of benzene rings is 2. The zero-order valence-electron chi connectivity index (χ0n) is 13.9. The van der Waals surface area contributed by atoms with E-state index in [9.17, 15) is 13.2 Å². The number of ether oxygens (including phenoxy) is 2. The van der Waals surface area contributed by atoms with Gasteiger partial charge in [0, 0.05) is 10.0 Å². The van der Waals surface area contributed by atoms with Crippen molar-refractivity contribution in [2.24, 2.45) is 0 Å². The van der Waals surface area contributed by atoms with Gasteiger partial charge in [-0.25, -0.2) is 18.2 Å². The molecule has 6 nitrogen and oxygen atoms in total. The van der Waals surface area contributed by atoms with Crippen LogP contribution in [0.25, 0.3) is 10.2 Å². The molecule has 0 amide bonds. The van der Waals surface area contributed by atoms with E-state index in [-0.39, 0.29) is 21.2 Å². The topological polar surface area (TPSA) is 82.6 Å². The van der Waals surface area contributed by atoms with Crippen LogP contribution in [0.5, 0.6) is 5.75 Å². The number of fused-ring (bicyclic) bond motifs is 1. The highest BCUT2D eigenvalue weighted by Crippen LogP contribution is 2.34. The van der Waals surface area contributed by atoms with Gasteiger partial charge in [0.15, 0.2) is 0 Å². The second-order valence-corrected chi connectivity index (χ2v) is 9.35. The highest BCUT2D eigenvalue weighted by Gasteiger charge is 2.27. The van der Waals surface area contributed by atoms with Crippen molar-refractivity contribution < 1.29 is 22.7 Å². The third kappa shape index (κ3) is 3.46. The van der Waals surface area contributed by atoms with Gasteiger partial charge >= 0.3 is 5.97 Å². The SMILES string of the molecule is COC(=O)c1c(OC)ccc(Br)c1CS(=O)(=O)c1nc2ccccc2s1. The van der Waals surface area contributed by atoms with Crippen molar-refractivity contribution in [3.63, 3.8) is 0 Å². The lowest BCUT2D eigenvalue weighted by Crippen LogP contribution is -2.13. The Hall–Kier alpha value is -1.97. The second-order valence-electron chi connectivity index (χ2n) is 5.30. The fraction of sp³-hybridized carbons (Fsp3) is 0.176. The largest absolute Gasteiger partial charge is 0.496 e. The Bertz CT molecular complexity index is 1060. The summed E-state index contributed by atoms with van der Waals surface area (Å²) in [6.07, 6.45) is 0. The minimum atomic E-state index is -3.77. The molecular formula is C17H14BrNO5S2. The summed E-state index contributed by atoms with van der Waals surface area (Å²) >= 11 is 4.42. The zero-order chi connectivity index (χ0) is 18.9. The van der Waals surface area contributed by atoms with Crippen molar-refractivity contribution in [1.29, 1.82) is 0 Å². The number of esters is 1. The van der Waals surface area contributed by atoms with E-state index in [0.29, 0.717) is 9.99 Å². The average Bonchev–Trinajstić information content (AvgIpc) is 3.07. The molecule has 136 valence electrons. The molecule has 0 N–H and O–H groups in total. The maximum atomic E-state index is 12.9. The molecule has 0 aliphatic rings. The number of methoxy groups -OCH3 is 2. The lowest BCUT2D eigenvalue weighted by molar-refractivity contribution is 0.0596. The van der Waals surface area contributed by atoms with Crippen molar-refractivity contribution >= 4 is 53.3 Å². The molecule has 0 spiro atoms. The van der Waals surface area contributed by atoms with Crippen molar-refractivity contribution in [3.8, 4) is 5.75 Å². The highest BCUT2D eigenvalue weighted by molar-refractivity contribution is 9.10. The fourth-order valence-corrected chi connectivity index (χ4v) is 5.82. The number of nitrogens with zero attached hydrogens (tertiary/aromatic N) is 1. The molecule has 3 aromatic rings. The molecule has 2 aromatic carbocycles. The van der Waals surface area contributed by atoms with Crippen LogP contribution in [0, 0.1) is 0 Å². The summed E-state index contributed by atoms with van der Waals surface area (Å²) in [6.45, 7) is 0. The molecule has 0 saturated heterocycles. The van der Waals surface area contributed by atoms with Crippen LogP contribution in [0.15, 0.2) is 45.2 Å². The van der Waals surface area contributed by atoms with Crippen LogP contribution < -0.4 is 4.74 Å². The van der Waals surface area contributed by atoms with Gasteiger partial charge in [-0.3, -0.25) is 0 Å². The van der Waals surface area contributed by atoms with Crippen LogP contribution in [0.1, 0.15) is 15.9 Å². The van der Waals surface area contributed by atoms with Gasteiger partial charge in [0.05, 0.1) is 30.2 Å². The summed E-state index contributed by atoms with van der Waals surface area (Å²) in [5.74, 6) is -0.832. The molecule has 26 heavy (non-hydrogen) atoms. The predicted octanol–water partition coefficient (Wildman–Crippen LogP) is 3.83. The van der Waals surface area contributed by atoms with Gasteiger partial charge in [-0.2, -0.15) is 0 Å². The fourth-order valence-electron chi connectivity index (χ4n) is 2.47. The third-order valence-electron chi connectivity index (χ3n) is 3.70. The van der Waals surface area contributed by atoms with Crippen molar-refractivity contribution in [2.75, 3.05) is 14.2 Å². The highest BCUT2D eigenvalue weighted by atomic mass is 79.9. The normalized spacial score (nSPS) is 11.5. The molecule has 3 rings (SSSR count). The Kier molecular flexibility index (Phi) is 5.31. The van der Waals surface area contributed by atoms with E-state index in [4.69, 9.17) is 9.47 Å². The molecule has 0 saturated carbocycles. The minimum absolute atomic E-state index is 0.00392. The van der Waals surface area contributed by atoms with Gasteiger partial charge in [-0.1, -0.05) is 28.1 Å². The summed E-state index contributed by atoms with van der Waals surface area (Å²) in [5, 5.41) is 0. The van der Waals surface area contributed by atoms with E-state index in [1.54, 1.807) is 24.3 Å². The zero-order valence-corrected chi connectivity index (χ0v) is 17.1. The maximum Gasteiger partial charge on any atom is 0.342 e. The molecule has 0 unspecified atom stereocenters. The number of sulfone groups is 1. The summed E-state index contributed by atoms with van der Waals surface area (Å²) < 4.78 is 37.1. The first-order valence-electron chi connectivity index (χ1n) is 7.39. The van der Waals surface area contributed by atoms with Gasteiger partial charge in [0.1, 0.15) is 11.3 Å². The lowest BCUT2D eigenvalue weighted by Gasteiger charge is -2.13. The van der Waals surface area contributed by atoms with E-state index < -0.39 is 21.6 Å². The Labute approximate surface area is 162 Å². The van der Waals surface area contributed by atoms with Gasteiger partial charge in [-0.05, 0) is 24.3 Å². The van der Waals surface area contributed by atoms with Crippen molar-refractivity contribution in [1.82, 2.24) is 4.98 Å². The molecule has 0 fully saturated rings. The number of rotatable bonds is 5. The quantitative estimate of drug-likeness (QED) is 0.543. The molecule has 0 aliphatic carbocycles. The van der Waals surface area contributed by atoms with E-state index in [0.717, 1.165) is 16.0 Å². The van der Waals surface area contributed by atoms with Gasteiger partial charge in [-0.15, -0.1) is 11.3 Å². The first-order chi connectivity index (χ1) is 12.4. The van der Waals surface area contributed by atoms with Crippen LogP contribution in [0.4, 0.5) is 0 Å². The van der Waals surface area contributed by atoms with E-state index in [1.807, 2.05) is 12.1 Å². The van der Waals surface area contributed by atoms with E-state index in [1.165, 1.54) is 14.2 Å². The summed E-state index contributed by atoms with van der Waals surface area (Å²) in [4.78, 5) is 16.4. The number of hydrogen-bond donors (Lipinski definition) is 0. The lowest BCUT2D eigenvalue weighted by atomic mass is 10.1. The molecule has 0 radical (unpaired) electrons. The third-order valence-corrected chi connectivity index (χ3v) is 7.58. The monoisotopic (exact) mass is 455 g/mol. The second kappa shape index (κ2) is 7.34. The predicted molar refractivity (Wildman–Crippen MR) is 103 cm³/mol. The molecule has 1 aromatic heterocycles. The number of hydrogen-bond acceptors (Lipinski definition) is 7. The average molecular weight is 456 g/mol. The molecule has 0 aliphatic heterocycles. The Balaban J connectivity index is 2.11. The van der Waals surface area contributed by atoms with Gasteiger partial charge in [0.25, 0.3) is 0 Å². The van der Waals surface area contributed by atoms with Crippen molar-refractivity contribution in [2.45, 2.75) is 10.1 Å². The number of para-hydroxylation sites is 1. The van der Waals surface area contributed by atoms with Crippen LogP contribution in [-0.2, 0) is 20.3 Å². The first-order valence-corrected chi connectivity index (χ1v) is 10.7. The summed E-state index contributed by atoms with van der Waals surface area (Å²) in [6, 6.07) is 10.4. The van der Waals surface area contributed by atoms with Crippen LogP contribution >= 0.6 is 27.3 Å². The molecular weight excluding hydrogens is 442 g/mol. The number of halogens is 1. The van der Waals surface area contributed by atoms with E-state index >= 15 is 0 Å². The number of aromatic nitrogens is 1. The van der Waals surface area contributed by atoms with Crippen LogP contribution in [0.2, 0.25) is 0 Å². The smallest absolute Gasteiger partial charge is 0.342 e. The first kappa shape index (κ1) is 18.8. The standard InChI is InChI=1S/C17H14BrNO5S2/c1-23-13-8-7-11(18)10(15(13)16(20)24-2)9-26(21,22)17-19-12-5-3-4-6-14(12)25-17/h3-8H,9H2,1-2H3. The molecule has 1 heterocycles. The number of thiazole rings is 1. The van der Waals surface area contributed by atoms with Crippen LogP contribution in [0.3, 0.4) is 0 Å². The van der Waals surface area contributed by atoms with Gasteiger partial charge < -0.3 is 9.47 Å². The molecule has 0 atom stereocenters. The van der Waals surface area contributed by atoms with Crippen molar-refractivity contribution in [3.05, 3.63) is 52.0 Å². The number of carbonyl (C=O) groups excluding carboxylic acids is 1. The Morgan fingerprint density at radius 1 is 1.19 bits per heavy atom. The number of carbonyl (C=O) groups is 1. The Morgan fingerprint density at radius 2 is 1.92 bits per heavy atom. The van der Waals surface area contributed by atoms with Gasteiger partial charge in [0.2, 0.25) is 14.2 Å². The Morgan fingerprint density at radius 3 is 2.58 bits per heavy atom. The maximum absolute atomic E-state index is 12.9. The molecule has 0 bridgehead atoms. The minimum Gasteiger partial charge on any atom is -0.496 e. The summed E-state index contributed by atoms with van der Waals surface area (Å²) in [5.41, 5.74) is 0.971.